The molecule has 0 bridgehead atoms. The predicted octanol–water partition coefficient (Wildman–Crippen LogP) is 2.70. The molecule has 1 atom stereocenters. The molecule has 0 aromatic heterocycles. The molecule has 0 aliphatic heterocycles. The zero-order valence-electron chi connectivity index (χ0n) is 9.28. The number of esters is 1. The maximum atomic E-state index is 13.2. The Morgan fingerprint density at radius 2 is 1.47 bits per heavy atom. The lowest BCUT2D eigenvalue weighted by molar-refractivity contribution is -0.140. The predicted molar refractivity (Wildman–Crippen MR) is 56.5 cm³/mol. The fraction of sp³-hybridized carbons (Fsp3) is 0.300. The van der Waals surface area contributed by atoms with Crippen molar-refractivity contribution in [2.24, 2.45) is 0 Å². The number of hydrogen-bond acceptors (Lipinski definition) is 3. The summed E-state index contributed by atoms with van der Waals surface area (Å²) in [6.45, 7) is -0.676. The van der Waals surface area contributed by atoms with Crippen LogP contribution in [0, 0.1) is 29.1 Å². The second kappa shape index (κ2) is 6.18. The average molecular weight is 349 g/mol. The van der Waals surface area contributed by atoms with E-state index in [1.807, 2.05) is 0 Å². The molecule has 0 saturated carbocycles. The minimum absolute atomic E-state index is 0.676. The van der Waals surface area contributed by atoms with Crippen molar-refractivity contribution >= 4 is 21.9 Å². The fourth-order valence-corrected chi connectivity index (χ4v) is 1.38. The quantitative estimate of drug-likeness (QED) is 0.276. The van der Waals surface area contributed by atoms with Gasteiger partial charge in [-0.05, 0) is 0 Å². The van der Waals surface area contributed by atoms with Gasteiger partial charge in [-0.1, -0.05) is 15.9 Å². The van der Waals surface area contributed by atoms with Crippen molar-refractivity contribution in [1.82, 2.24) is 0 Å². The number of halogens is 6. The third kappa shape index (κ3) is 3.14. The first-order chi connectivity index (χ1) is 8.81. The highest BCUT2D eigenvalue weighted by Gasteiger charge is 2.28. The SMILES string of the molecule is COC(=O)C(Br)COc1c(F)c(F)c(F)c(F)c1F. The van der Waals surface area contributed by atoms with Gasteiger partial charge in [-0.25, -0.2) is 13.2 Å². The van der Waals surface area contributed by atoms with E-state index in [0.29, 0.717) is 0 Å². The van der Waals surface area contributed by atoms with Crippen LogP contribution < -0.4 is 4.74 Å². The van der Waals surface area contributed by atoms with E-state index in [1.165, 1.54) is 0 Å². The van der Waals surface area contributed by atoms with Crippen molar-refractivity contribution in [3.05, 3.63) is 29.1 Å². The van der Waals surface area contributed by atoms with Crippen LogP contribution in [-0.2, 0) is 9.53 Å². The summed E-state index contributed by atoms with van der Waals surface area (Å²) in [5.41, 5.74) is 0. The molecule has 0 saturated heterocycles. The Balaban J connectivity index is 3.00. The Morgan fingerprint density at radius 1 is 1.05 bits per heavy atom. The maximum absolute atomic E-state index is 13.2. The zero-order chi connectivity index (χ0) is 14.7. The lowest BCUT2D eigenvalue weighted by Crippen LogP contribution is -2.24. The molecule has 0 aliphatic rings. The summed E-state index contributed by atoms with van der Waals surface area (Å²) in [6.07, 6.45) is 0. The van der Waals surface area contributed by atoms with Crippen molar-refractivity contribution in [3.63, 3.8) is 0 Å². The Bertz CT molecular complexity index is 479. The van der Waals surface area contributed by atoms with E-state index < -0.39 is 52.2 Å². The molecular formula is C10H6BrF5O3. The van der Waals surface area contributed by atoms with Crippen LogP contribution >= 0.6 is 15.9 Å². The summed E-state index contributed by atoms with van der Waals surface area (Å²) < 4.78 is 73.3. The molecule has 1 aromatic carbocycles. The van der Waals surface area contributed by atoms with Gasteiger partial charge in [0.25, 0.3) is 0 Å². The van der Waals surface area contributed by atoms with Crippen LogP contribution in [-0.4, -0.2) is 24.5 Å². The van der Waals surface area contributed by atoms with Gasteiger partial charge >= 0.3 is 5.97 Å². The molecule has 19 heavy (non-hydrogen) atoms. The van der Waals surface area contributed by atoms with E-state index in [0.717, 1.165) is 7.11 Å². The Kier molecular flexibility index (Phi) is 5.10. The van der Waals surface area contributed by atoms with Crippen LogP contribution in [0.3, 0.4) is 0 Å². The van der Waals surface area contributed by atoms with Gasteiger partial charge in [-0.15, -0.1) is 0 Å². The van der Waals surface area contributed by atoms with Crippen molar-refractivity contribution < 1.29 is 36.2 Å². The minimum atomic E-state index is -2.29. The highest BCUT2D eigenvalue weighted by Crippen LogP contribution is 2.29. The molecule has 0 heterocycles. The molecule has 1 unspecified atom stereocenters. The van der Waals surface area contributed by atoms with Gasteiger partial charge < -0.3 is 9.47 Å². The summed E-state index contributed by atoms with van der Waals surface area (Å²) in [5, 5.41) is 0. The molecule has 0 N–H and O–H groups in total. The number of hydrogen-bond donors (Lipinski definition) is 0. The molecule has 0 radical (unpaired) electrons. The third-order valence-electron chi connectivity index (χ3n) is 2.00. The Labute approximate surface area is 112 Å². The van der Waals surface area contributed by atoms with Crippen LogP contribution in [0.1, 0.15) is 0 Å². The molecule has 0 spiro atoms. The topological polar surface area (TPSA) is 35.5 Å². The van der Waals surface area contributed by atoms with E-state index in [4.69, 9.17) is 0 Å². The molecule has 3 nitrogen and oxygen atoms in total. The van der Waals surface area contributed by atoms with E-state index in [2.05, 4.69) is 25.4 Å². The Hall–Kier alpha value is -1.38. The molecule has 106 valence electrons. The molecule has 0 fully saturated rings. The van der Waals surface area contributed by atoms with E-state index in [-0.39, 0.29) is 0 Å². The maximum Gasteiger partial charge on any atom is 0.322 e. The number of carbonyl (C=O) groups is 1. The van der Waals surface area contributed by atoms with Crippen LogP contribution in [0.2, 0.25) is 0 Å². The van der Waals surface area contributed by atoms with Gasteiger partial charge in [0.15, 0.2) is 5.75 Å². The van der Waals surface area contributed by atoms with Crippen LogP contribution in [0.4, 0.5) is 22.0 Å². The van der Waals surface area contributed by atoms with Crippen LogP contribution in [0.25, 0.3) is 0 Å². The van der Waals surface area contributed by atoms with Gasteiger partial charge in [-0.3, -0.25) is 4.79 Å². The standard InChI is InChI=1S/C10H6BrF5O3/c1-18-10(17)3(11)2-19-9-7(15)5(13)4(12)6(14)8(9)16/h3H,2H2,1H3. The molecule has 1 aromatic rings. The van der Waals surface area contributed by atoms with E-state index >= 15 is 0 Å². The fourth-order valence-electron chi connectivity index (χ4n) is 1.06. The minimum Gasteiger partial charge on any atom is -0.486 e. The van der Waals surface area contributed by atoms with Crippen LogP contribution in [0.15, 0.2) is 0 Å². The van der Waals surface area contributed by atoms with E-state index in [1.54, 1.807) is 0 Å². The van der Waals surface area contributed by atoms with Gasteiger partial charge in [0.2, 0.25) is 29.1 Å². The lowest BCUT2D eigenvalue weighted by Gasteiger charge is -2.12. The number of carbonyl (C=O) groups excluding carboxylic acids is 1. The molecule has 0 aliphatic carbocycles. The highest BCUT2D eigenvalue weighted by molar-refractivity contribution is 9.10. The third-order valence-corrected chi connectivity index (χ3v) is 2.64. The average Bonchev–Trinajstić information content (AvgIpc) is 2.41. The monoisotopic (exact) mass is 348 g/mol. The van der Waals surface area contributed by atoms with Crippen molar-refractivity contribution in [3.8, 4) is 5.75 Å². The normalized spacial score (nSPS) is 12.2. The van der Waals surface area contributed by atoms with Gasteiger partial charge in [0.05, 0.1) is 7.11 Å². The summed E-state index contributed by atoms with van der Waals surface area (Å²) >= 11 is 2.76. The summed E-state index contributed by atoms with van der Waals surface area (Å²) in [7, 11) is 1.05. The van der Waals surface area contributed by atoms with Crippen molar-refractivity contribution in [2.45, 2.75) is 4.83 Å². The van der Waals surface area contributed by atoms with Crippen molar-refractivity contribution in [1.29, 1.82) is 0 Å². The number of methoxy groups -OCH3 is 1. The Morgan fingerprint density at radius 3 is 1.89 bits per heavy atom. The van der Waals surface area contributed by atoms with Gasteiger partial charge in [-0.2, -0.15) is 8.78 Å². The second-order valence-electron chi connectivity index (χ2n) is 3.20. The zero-order valence-corrected chi connectivity index (χ0v) is 10.9. The first kappa shape index (κ1) is 15.7. The summed E-state index contributed by atoms with van der Waals surface area (Å²) in [6, 6.07) is 0. The van der Waals surface area contributed by atoms with E-state index in [9.17, 15) is 26.7 Å². The lowest BCUT2D eigenvalue weighted by atomic mass is 10.2. The van der Waals surface area contributed by atoms with Gasteiger partial charge in [0, 0.05) is 0 Å². The van der Waals surface area contributed by atoms with Crippen molar-refractivity contribution in [2.75, 3.05) is 13.7 Å². The number of ether oxygens (including phenoxy) is 2. The molecular weight excluding hydrogens is 343 g/mol. The number of benzene rings is 1. The van der Waals surface area contributed by atoms with Gasteiger partial charge in [0.1, 0.15) is 11.4 Å². The summed E-state index contributed by atoms with van der Waals surface area (Å²) in [4.78, 5) is 9.83. The highest BCUT2D eigenvalue weighted by atomic mass is 79.9. The number of rotatable bonds is 4. The molecule has 0 amide bonds. The smallest absolute Gasteiger partial charge is 0.322 e. The first-order valence-corrected chi connectivity index (χ1v) is 5.59. The first-order valence-electron chi connectivity index (χ1n) is 4.67. The molecule has 1 rings (SSSR count). The number of alkyl halides is 1. The van der Waals surface area contributed by atoms with Crippen LogP contribution in [0.5, 0.6) is 5.75 Å². The summed E-state index contributed by atoms with van der Waals surface area (Å²) in [5.74, 6) is -13.0. The molecule has 9 heteroatoms. The largest absolute Gasteiger partial charge is 0.486 e. The second-order valence-corrected chi connectivity index (χ2v) is 4.31.